The van der Waals surface area contributed by atoms with Gasteiger partial charge in [-0.05, 0) is 14.8 Å². The molecule has 0 saturated heterocycles. The van der Waals surface area contributed by atoms with Crippen molar-refractivity contribution in [1.29, 1.82) is 0 Å². The quantitative estimate of drug-likeness (QED) is 0.271. The number of thiol groups is 1. The minimum atomic E-state index is -2.17. The summed E-state index contributed by atoms with van der Waals surface area (Å²) in [5, 5.41) is 21.5. The summed E-state index contributed by atoms with van der Waals surface area (Å²) >= 11 is 5.97. The van der Waals surface area contributed by atoms with E-state index in [-0.39, 0.29) is 107 Å². The van der Waals surface area contributed by atoms with Crippen molar-refractivity contribution in [1.82, 2.24) is 0 Å². The molecule has 0 aromatic carbocycles. The van der Waals surface area contributed by atoms with Crippen LogP contribution in [0, 0.1) is 0 Å². The Bertz CT molecular complexity index is 24.0. The van der Waals surface area contributed by atoms with Crippen LogP contribution < -0.4 is 0 Å². The summed E-state index contributed by atoms with van der Waals surface area (Å²) in [6, 6.07) is 0. The van der Waals surface area contributed by atoms with Crippen LogP contribution in [0.15, 0.2) is 0 Å². The van der Waals surface area contributed by atoms with Gasteiger partial charge in [-0.25, -0.2) is 0 Å². The van der Waals surface area contributed by atoms with Crippen molar-refractivity contribution in [2.24, 2.45) is 0 Å². The van der Waals surface area contributed by atoms with Crippen LogP contribution in [0.2, 0.25) is 0 Å². The molecule has 0 spiro atoms. The van der Waals surface area contributed by atoms with Crippen molar-refractivity contribution >= 4 is 140 Å². The van der Waals surface area contributed by atoms with Gasteiger partial charge in [0, 0.05) is 0 Å². The molecule has 0 rings (SSSR count). The van der Waals surface area contributed by atoms with Gasteiger partial charge in [0.1, 0.15) is 0 Å². The van der Waals surface area contributed by atoms with Gasteiger partial charge in [-0.1, -0.05) is 0 Å². The molecule has 0 bridgehead atoms. The molecule has 8 heavy (non-hydrogen) atoms. The van der Waals surface area contributed by atoms with E-state index >= 15 is 0 Å². The van der Waals surface area contributed by atoms with Crippen LogP contribution in [0.5, 0.6) is 0 Å². The number of rotatable bonds is 0. The third kappa shape index (κ3) is 49.3. The van der Waals surface area contributed by atoms with Crippen LogP contribution in [-0.4, -0.2) is 129 Å². The molecule has 0 aliphatic rings. The third-order valence-electron chi connectivity index (χ3n) is 0. The van der Waals surface area contributed by atoms with E-state index in [9.17, 15) is 0 Å². The molecule has 0 saturated carbocycles. The van der Waals surface area contributed by atoms with Crippen LogP contribution in [0.1, 0.15) is 0 Å². The topological polar surface area (TPSA) is 60.7 Å². The SMILES string of the molecule is OB(O)O.SBr.[BaH2].[RbH]. The summed E-state index contributed by atoms with van der Waals surface area (Å²) in [6.07, 6.45) is 0. The van der Waals surface area contributed by atoms with Gasteiger partial charge in [0.25, 0.3) is 0 Å². The Morgan fingerprint density at radius 3 is 1.12 bits per heavy atom. The van der Waals surface area contributed by atoms with E-state index in [2.05, 4.69) is 25.9 Å². The van der Waals surface area contributed by atoms with Crippen molar-refractivity contribution < 1.29 is 15.1 Å². The molecule has 0 aliphatic heterocycles. The van der Waals surface area contributed by atoms with E-state index in [0.717, 1.165) is 0 Å². The second kappa shape index (κ2) is 22.5. The Morgan fingerprint density at radius 2 is 1.12 bits per heavy atom. The van der Waals surface area contributed by atoms with Crippen LogP contribution in [0.4, 0.5) is 0 Å². The predicted octanol–water partition coefficient (Wildman–Crippen LogP) is -2.39. The fraction of sp³-hybridized carbons (Fsp3) is 0. The molecule has 0 aliphatic carbocycles. The zero-order chi connectivity index (χ0) is 5.58. The van der Waals surface area contributed by atoms with Gasteiger partial charge in [-0.15, -0.1) is 11.1 Å². The van der Waals surface area contributed by atoms with E-state index in [4.69, 9.17) is 15.1 Å². The molecular weight excluding hydrogens is 394 g/mol. The maximum atomic E-state index is 7.17. The average molecular weight is 401 g/mol. The molecule has 0 atom stereocenters. The minimum absolute atomic E-state index is 0. The molecular formula is H7BBaBrO3RbS. The number of halogens is 1. The first-order valence-corrected chi connectivity index (χ1v) is 3.41. The van der Waals surface area contributed by atoms with E-state index in [1.54, 1.807) is 0 Å². The molecule has 0 aromatic heterocycles. The Balaban J connectivity index is -0.0000000183. The molecule has 0 amide bonds. The van der Waals surface area contributed by atoms with Gasteiger partial charge in [0.2, 0.25) is 0 Å². The second-order valence-corrected chi connectivity index (χ2v) is 0.346. The molecule has 0 radical (unpaired) electrons. The van der Waals surface area contributed by atoms with E-state index in [1.165, 1.54) is 0 Å². The zero-order valence-electron chi connectivity index (χ0n) is 2.74. The van der Waals surface area contributed by atoms with Gasteiger partial charge in [-0.3, -0.25) is 0 Å². The third-order valence-corrected chi connectivity index (χ3v) is 0. The van der Waals surface area contributed by atoms with Gasteiger partial charge in [-0.2, -0.15) is 0 Å². The van der Waals surface area contributed by atoms with Gasteiger partial charge in [0.05, 0.1) is 0 Å². The predicted molar refractivity (Wildman–Crippen MR) is 46.0 cm³/mol. The summed E-state index contributed by atoms with van der Waals surface area (Å²) in [6.45, 7) is 0. The van der Waals surface area contributed by atoms with Crippen LogP contribution >= 0.6 is 25.9 Å². The molecule has 44 valence electrons. The first-order valence-electron chi connectivity index (χ1n) is 0.944. The fourth-order valence-electron chi connectivity index (χ4n) is 0. The van der Waals surface area contributed by atoms with Crippen molar-refractivity contribution in [2.45, 2.75) is 0 Å². The van der Waals surface area contributed by atoms with E-state index in [0.29, 0.717) is 0 Å². The zero-order valence-corrected chi connectivity index (χ0v) is 5.22. The van der Waals surface area contributed by atoms with Crippen molar-refractivity contribution in [3.8, 4) is 0 Å². The second-order valence-electron chi connectivity index (χ2n) is 0.346. The van der Waals surface area contributed by atoms with E-state index < -0.39 is 7.32 Å². The summed E-state index contributed by atoms with van der Waals surface area (Å²) in [5.74, 6) is 0. The molecule has 0 heterocycles. The van der Waals surface area contributed by atoms with Gasteiger partial charge >= 0.3 is 114 Å². The van der Waals surface area contributed by atoms with E-state index in [1.807, 2.05) is 0 Å². The Morgan fingerprint density at radius 1 is 1.12 bits per heavy atom. The van der Waals surface area contributed by atoms with Crippen molar-refractivity contribution in [3.05, 3.63) is 0 Å². The number of hydrogen-bond acceptors (Lipinski definition) is 4. The Labute approximate surface area is 151 Å². The molecule has 0 unspecified atom stereocenters. The summed E-state index contributed by atoms with van der Waals surface area (Å²) in [7, 11) is -2.17. The molecule has 0 aromatic rings. The van der Waals surface area contributed by atoms with Crippen LogP contribution in [-0.2, 0) is 0 Å². The average Bonchev–Trinajstić information content (AvgIpc) is 1.41. The summed E-state index contributed by atoms with van der Waals surface area (Å²) in [5.41, 5.74) is 0. The van der Waals surface area contributed by atoms with Gasteiger partial charge < -0.3 is 15.1 Å². The van der Waals surface area contributed by atoms with Crippen molar-refractivity contribution in [3.63, 3.8) is 0 Å². The molecule has 3 N–H and O–H groups in total. The Kier molecular flexibility index (Phi) is 63.9. The monoisotopic (exact) mass is 400 g/mol. The first-order chi connectivity index (χ1) is 2.73. The van der Waals surface area contributed by atoms with Crippen LogP contribution in [0.25, 0.3) is 0 Å². The first kappa shape index (κ1) is 22.7. The molecule has 0 fully saturated rings. The Hall–Kier alpha value is 4.15. The molecule has 3 nitrogen and oxygen atoms in total. The molecule has 8 heteroatoms. The summed E-state index contributed by atoms with van der Waals surface area (Å²) < 4.78 is 0. The fourth-order valence-corrected chi connectivity index (χ4v) is 0. The standard InChI is InChI=1S/BH3O3.Ba.BrHS.Rb.3H/c2-1(3)4;;1-2;;;;/h2-4H;;2H;;;;. The summed E-state index contributed by atoms with van der Waals surface area (Å²) in [4.78, 5) is 0. The maximum absolute atomic E-state index is 7.17. The van der Waals surface area contributed by atoms with Crippen molar-refractivity contribution in [2.75, 3.05) is 0 Å². The normalized spacial score (nSPS) is 4.12. The number of hydrogen-bond donors (Lipinski definition) is 4. The van der Waals surface area contributed by atoms with Gasteiger partial charge in [0.15, 0.2) is 0 Å². The van der Waals surface area contributed by atoms with Crippen LogP contribution in [0.3, 0.4) is 0 Å².